The van der Waals surface area contributed by atoms with Crippen LogP contribution in [0, 0.1) is 20.8 Å². The average Bonchev–Trinajstić information content (AvgIpc) is 2.88. The second-order valence-electron chi connectivity index (χ2n) is 6.25. The number of halogens is 1. The zero-order valence-electron chi connectivity index (χ0n) is 14.2. The summed E-state index contributed by atoms with van der Waals surface area (Å²) >= 11 is 0. The quantitative estimate of drug-likeness (QED) is 0.496. The summed E-state index contributed by atoms with van der Waals surface area (Å²) in [6.07, 6.45) is 3.45. The molecule has 1 atom stereocenters. The molecule has 4 N–H and O–H groups in total. The standard InChI is InChI=1S/C18H22N4O.ClH/c1-10-4-5-11(2)14(6-10)13-7-15(21-22-18(19)20)17-12(3)9-23-16(17)8-13;/h4-6,9,13H,7-8H2,1-3H3,(H4,19,20,22);1H/b21-15+;. The van der Waals surface area contributed by atoms with Gasteiger partial charge in [-0.05, 0) is 49.8 Å². The van der Waals surface area contributed by atoms with Crippen LogP contribution in [0.2, 0.25) is 0 Å². The fourth-order valence-electron chi connectivity index (χ4n) is 3.30. The maximum absolute atomic E-state index is 5.75. The number of benzene rings is 1. The second-order valence-corrected chi connectivity index (χ2v) is 6.25. The highest BCUT2D eigenvalue weighted by atomic mass is 35.5. The Kier molecular flexibility index (Phi) is 5.34. The molecule has 6 heteroatoms. The lowest BCUT2D eigenvalue weighted by atomic mass is 9.79. The van der Waals surface area contributed by atoms with E-state index in [1.165, 1.54) is 16.7 Å². The fraction of sp³-hybridized carbons (Fsp3) is 0.333. The summed E-state index contributed by atoms with van der Waals surface area (Å²) in [6, 6.07) is 6.55. The molecule has 1 heterocycles. The van der Waals surface area contributed by atoms with Gasteiger partial charge in [0, 0.05) is 12.0 Å². The summed E-state index contributed by atoms with van der Waals surface area (Å²) in [5, 5.41) is 8.13. The number of hydrogen-bond acceptors (Lipinski definition) is 3. The summed E-state index contributed by atoms with van der Waals surface area (Å²) in [4.78, 5) is 0. The van der Waals surface area contributed by atoms with E-state index in [1.807, 2.05) is 6.92 Å². The Morgan fingerprint density at radius 3 is 2.58 bits per heavy atom. The van der Waals surface area contributed by atoms with Crippen molar-refractivity contribution in [3.8, 4) is 0 Å². The van der Waals surface area contributed by atoms with E-state index in [1.54, 1.807) is 6.26 Å². The van der Waals surface area contributed by atoms with Crippen molar-refractivity contribution < 1.29 is 4.42 Å². The lowest BCUT2D eigenvalue weighted by Crippen LogP contribution is -2.23. The van der Waals surface area contributed by atoms with Crippen LogP contribution < -0.4 is 11.5 Å². The van der Waals surface area contributed by atoms with E-state index >= 15 is 0 Å². The number of guanidine groups is 1. The third kappa shape index (κ3) is 3.46. The molecular weight excluding hydrogens is 324 g/mol. The number of fused-ring (bicyclic) bond motifs is 1. The van der Waals surface area contributed by atoms with Crippen molar-refractivity contribution in [1.29, 1.82) is 0 Å². The summed E-state index contributed by atoms with van der Waals surface area (Å²) in [5.74, 6) is 1.25. The van der Waals surface area contributed by atoms with E-state index in [0.29, 0.717) is 5.92 Å². The predicted octanol–water partition coefficient (Wildman–Crippen LogP) is 3.33. The lowest BCUT2D eigenvalue weighted by Gasteiger charge is -2.25. The number of furan rings is 1. The smallest absolute Gasteiger partial charge is 0.211 e. The summed E-state index contributed by atoms with van der Waals surface area (Å²) < 4.78 is 5.75. The normalized spacial score (nSPS) is 18.0. The molecule has 0 aliphatic heterocycles. The number of aryl methyl sites for hydroxylation is 3. The van der Waals surface area contributed by atoms with Gasteiger partial charge in [-0.15, -0.1) is 17.5 Å². The van der Waals surface area contributed by atoms with Crippen molar-refractivity contribution in [2.24, 2.45) is 21.7 Å². The Morgan fingerprint density at radius 1 is 1.12 bits per heavy atom. The van der Waals surface area contributed by atoms with Gasteiger partial charge in [0.05, 0.1) is 12.0 Å². The van der Waals surface area contributed by atoms with Crippen LogP contribution in [0.5, 0.6) is 0 Å². The minimum atomic E-state index is -0.0333. The van der Waals surface area contributed by atoms with Gasteiger partial charge in [-0.25, -0.2) is 0 Å². The molecule has 0 fully saturated rings. The van der Waals surface area contributed by atoms with Gasteiger partial charge >= 0.3 is 0 Å². The lowest BCUT2D eigenvalue weighted by molar-refractivity contribution is 0.479. The van der Waals surface area contributed by atoms with Crippen molar-refractivity contribution in [1.82, 2.24) is 0 Å². The van der Waals surface area contributed by atoms with E-state index in [2.05, 4.69) is 42.2 Å². The number of nitrogens with zero attached hydrogens (tertiary/aromatic N) is 2. The van der Waals surface area contributed by atoms with Gasteiger partial charge in [0.15, 0.2) is 0 Å². The van der Waals surface area contributed by atoms with E-state index in [0.717, 1.165) is 35.4 Å². The van der Waals surface area contributed by atoms with Gasteiger partial charge in [-0.3, -0.25) is 0 Å². The SMILES string of the molecule is Cc1ccc(C)c(C2C/C(=N\N=C(N)N)c3c(C)coc3C2)c1.Cl. The van der Waals surface area contributed by atoms with E-state index < -0.39 is 0 Å². The molecule has 1 aliphatic rings. The van der Waals surface area contributed by atoms with E-state index in [4.69, 9.17) is 15.9 Å². The van der Waals surface area contributed by atoms with Crippen LogP contribution in [-0.4, -0.2) is 11.7 Å². The molecule has 0 radical (unpaired) electrons. The Bertz CT molecular complexity index is 803. The van der Waals surface area contributed by atoms with Crippen LogP contribution in [0.1, 0.15) is 45.9 Å². The first-order valence-corrected chi connectivity index (χ1v) is 7.75. The molecule has 1 aromatic carbocycles. The van der Waals surface area contributed by atoms with E-state index in [9.17, 15) is 0 Å². The Morgan fingerprint density at radius 2 is 1.88 bits per heavy atom. The van der Waals surface area contributed by atoms with Gasteiger partial charge in [0.1, 0.15) is 5.76 Å². The molecule has 1 unspecified atom stereocenters. The minimum Gasteiger partial charge on any atom is -0.468 e. The van der Waals surface area contributed by atoms with Gasteiger partial charge < -0.3 is 15.9 Å². The van der Waals surface area contributed by atoms with Gasteiger partial charge in [0.25, 0.3) is 0 Å². The van der Waals surface area contributed by atoms with Crippen LogP contribution in [0.25, 0.3) is 0 Å². The van der Waals surface area contributed by atoms with Crippen molar-refractivity contribution in [3.63, 3.8) is 0 Å². The highest BCUT2D eigenvalue weighted by Gasteiger charge is 2.30. The first-order valence-electron chi connectivity index (χ1n) is 7.75. The highest BCUT2D eigenvalue weighted by molar-refractivity contribution is 6.04. The molecule has 0 amide bonds. The van der Waals surface area contributed by atoms with Crippen molar-refractivity contribution >= 4 is 24.1 Å². The topological polar surface area (TPSA) is 89.9 Å². The number of nitrogens with two attached hydrogens (primary N) is 2. The van der Waals surface area contributed by atoms with Crippen molar-refractivity contribution in [2.75, 3.05) is 0 Å². The van der Waals surface area contributed by atoms with Crippen LogP contribution >= 0.6 is 12.4 Å². The number of rotatable bonds is 2. The minimum absolute atomic E-state index is 0. The molecule has 1 aromatic heterocycles. The predicted molar refractivity (Wildman–Crippen MR) is 100 cm³/mol. The molecule has 1 aliphatic carbocycles. The molecule has 128 valence electrons. The largest absolute Gasteiger partial charge is 0.468 e. The molecule has 0 spiro atoms. The maximum Gasteiger partial charge on any atom is 0.211 e. The van der Waals surface area contributed by atoms with Crippen LogP contribution in [0.3, 0.4) is 0 Å². The Balaban J connectivity index is 0.00000208. The third-order valence-corrected chi connectivity index (χ3v) is 4.37. The van der Waals surface area contributed by atoms with Gasteiger partial charge in [-0.2, -0.15) is 5.10 Å². The summed E-state index contributed by atoms with van der Waals surface area (Å²) in [7, 11) is 0. The van der Waals surface area contributed by atoms with Crippen molar-refractivity contribution in [3.05, 3.63) is 58.0 Å². The fourth-order valence-corrected chi connectivity index (χ4v) is 3.30. The van der Waals surface area contributed by atoms with Crippen LogP contribution in [0.15, 0.2) is 39.1 Å². The third-order valence-electron chi connectivity index (χ3n) is 4.37. The summed E-state index contributed by atoms with van der Waals surface area (Å²) in [5.41, 5.74) is 17.8. The van der Waals surface area contributed by atoms with Gasteiger partial charge in [-0.1, -0.05) is 23.8 Å². The zero-order valence-corrected chi connectivity index (χ0v) is 15.0. The van der Waals surface area contributed by atoms with Crippen LogP contribution in [-0.2, 0) is 6.42 Å². The Hall–Kier alpha value is -2.27. The van der Waals surface area contributed by atoms with Gasteiger partial charge in [0.2, 0.25) is 5.96 Å². The summed E-state index contributed by atoms with van der Waals surface area (Å²) in [6.45, 7) is 6.28. The molecule has 2 aromatic rings. The molecule has 24 heavy (non-hydrogen) atoms. The van der Waals surface area contributed by atoms with Crippen molar-refractivity contribution in [2.45, 2.75) is 39.5 Å². The molecular formula is C18H23ClN4O. The second kappa shape index (κ2) is 7.09. The van der Waals surface area contributed by atoms with E-state index in [-0.39, 0.29) is 18.4 Å². The zero-order chi connectivity index (χ0) is 16.6. The first kappa shape index (κ1) is 18.1. The molecule has 0 bridgehead atoms. The molecule has 0 saturated carbocycles. The number of hydrogen-bond donors (Lipinski definition) is 2. The first-order chi connectivity index (χ1) is 11.0. The molecule has 0 saturated heterocycles. The molecule has 3 rings (SSSR count). The van der Waals surface area contributed by atoms with Crippen LogP contribution in [0.4, 0.5) is 0 Å². The molecule has 5 nitrogen and oxygen atoms in total. The average molecular weight is 347 g/mol. The monoisotopic (exact) mass is 346 g/mol. The maximum atomic E-state index is 5.75. The Labute approximate surface area is 148 Å². The highest BCUT2D eigenvalue weighted by Crippen LogP contribution is 2.37.